The number of rotatable bonds is 7. The predicted molar refractivity (Wildman–Crippen MR) is 272 cm³/mol. The third-order valence-corrected chi connectivity index (χ3v) is 13.1. The highest BCUT2D eigenvalue weighted by atomic mass is 16.3. The monoisotopic (exact) mass is 829 g/mol. The molecule has 0 radical (unpaired) electrons. The molecule has 2 heterocycles. The largest absolute Gasteiger partial charge is 0.455 e. The number of fused-ring (bicyclic) bond motifs is 10. The molecule has 11 aromatic carbocycles. The zero-order valence-corrected chi connectivity index (χ0v) is 35.3. The fraction of sp³-hybridized carbons (Fsp3) is 0. The number of hydrogen-bond donors (Lipinski definition) is 0. The van der Waals surface area contributed by atoms with Crippen molar-refractivity contribution < 1.29 is 8.83 Å². The van der Waals surface area contributed by atoms with Gasteiger partial charge in [0, 0.05) is 60.5 Å². The molecule has 304 valence electrons. The van der Waals surface area contributed by atoms with Gasteiger partial charge in [-0.15, -0.1) is 0 Å². The maximum atomic E-state index is 6.75. The average molecular weight is 830 g/mol. The summed E-state index contributed by atoms with van der Waals surface area (Å²) < 4.78 is 13.5. The van der Waals surface area contributed by atoms with Crippen LogP contribution in [0.4, 0.5) is 17.1 Å². The van der Waals surface area contributed by atoms with Crippen LogP contribution in [0.3, 0.4) is 0 Å². The Morgan fingerprint density at radius 2 is 0.631 bits per heavy atom. The lowest BCUT2D eigenvalue weighted by Gasteiger charge is -2.26. The second-order valence-electron chi connectivity index (χ2n) is 16.8. The highest BCUT2D eigenvalue weighted by Gasteiger charge is 2.19. The van der Waals surface area contributed by atoms with Crippen molar-refractivity contribution in [2.24, 2.45) is 0 Å². The molecule has 0 spiro atoms. The van der Waals surface area contributed by atoms with Crippen LogP contribution in [0.15, 0.2) is 245 Å². The Hall–Kier alpha value is -8.66. The molecule has 0 N–H and O–H groups in total. The van der Waals surface area contributed by atoms with E-state index in [9.17, 15) is 0 Å². The molecule has 0 aliphatic rings. The van der Waals surface area contributed by atoms with E-state index in [4.69, 9.17) is 8.83 Å². The summed E-state index contributed by atoms with van der Waals surface area (Å²) in [6.07, 6.45) is 0. The lowest BCUT2D eigenvalue weighted by molar-refractivity contribution is 0.673. The van der Waals surface area contributed by atoms with Crippen LogP contribution < -0.4 is 4.90 Å². The SMILES string of the molecule is c1ccc(-c2ccc(-c3cccc(N(c4ccc(-c5cccc6c5oc5c7ccccc7ccc65)cc4)c4ccc(-c5cccc6c5oc5c7ccccc7ccc65)cc4)c3)cc2)cc1. The molecule has 3 heteroatoms. The maximum Gasteiger partial charge on any atom is 0.143 e. The van der Waals surface area contributed by atoms with E-state index in [2.05, 4.69) is 241 Å². The first-order valence-corrected chi connectivity index (χ1v) is 22.1. The minimum absolute atomic E-state index is 0.901. The van der Waals surface area contributed by atoms with Crippen molar-refractivity contribution in [2.75, 3.05) is 4.90 Å². The highest BCUT2D eigenvalue weighted by Crippen LogP contribution is 2.43. The van der Waals surface area contributed by atoms with Gasteiger partial charge in [0.05, 0.1) is 0 Å². The normalized spacial score (nSPS) is 11.7. The van der Waals surface area contributed by atoms with E-state index in [1.165, 1.54) is 21.9 Å². The van der Waals surface area contributed by atoms with Crippen LogP contribution in [-0.4, -0.2) is 0 Å². The molecule has 13 aromatic rings. The average Bonchev–Trinajstić information content (AvgIpc) is 3.97. The summed E-state index contributed by atoms with van der Waals surface area (Å²) in [5.41, 5.74) is 15.9. The van der Waals surface area contributed by atoms with Crippen molar-refractivity contribution in [3.05, 3.63) is 237 Å². The fourth-order valence-electron chi connectivity index (χ4n) is 9.84. The molecule has 13 rings (SSSR count). The second-order valence-corrected chi connectivity index (χ2v) is 16.8. The number of para-hydroxylation sites is 2. The molecular formula is C62H39NO2. The van der Waals surface area contributed by atoms with Gasteiger partial charge < -0.3 is 13.7 Å². The lowest BCUT2D eigenvalue weighted by atomic mass is 9.99. The number of furan rings is 2. The minimum Gasteiger partial charge on any atom is -0.455 e. The van der Waals surface area contributed by atoms with Gasteiger partial charge in [0.15, 0.2) is 0 Å². The quantitative estimate of drug-likeness (QED) is 0.160. The second kappa shape index (κ2) is 15.0. The lowest BCUT2D eigenvalue weighted by Crippen LogP contribution is -2.10. The summed E-state index contributed by atoms with van der Waals surface area (Å²) in [5, 5.41) is 9.10. The molecule has 0 amide bonds. The van der Waals surface area contributed by atoms with Gasteiger partial charge in [-0.05, 0) is 92.7 Å². The Bertz CT molecular complexity index is 3720. The van der Waals surface area contributed by atoms with Gasteiger partial charge in [-0.25, -0.2) is 0 Å². The molecule has 65 heavy (non-hydrogen) atoms. The Morgan fingerprint density at radius 3 is 1.17 bits per heavy atom. The van der Waals surface area contributed by atoms with Gasteiger partial charge in [-0.2, -0.15) is 0 Å². The predicted octanol–water partition coefficient (Wildman–Crippen LogP) is 17.9. The van der Waals surface area contributed by atoms with Crippen LogP contribution in [-0.2, 0) is 0 Å². The molecule has 0 saturated carbocycles. The first kappa shape index (κ1) is 36.9. The Balaban J connectivity index is 0.910. The molecule has 0 fully saturated rings. The Labute approximate surface area is 375 Å². The standard InChI is InChI=1S/C62H39NO2/c1-2-11-40(12-3-1)41-23-25-42(26-24-41)47-15-8-16-50(39-47)63(48-33-27-45(28-34-48)53-19-9-21-55-57-37-31-43-13-4-6-17-51(43)61(57)64-59(53)55)49-35-29-46(30-36-49)54-20-10-22-56-58-38-32-44-14-5-7-18-52(44)62(58)65-60(54)56/h1-39H. The first-order chi connectivity index (χ1) is 32.2. The van der Waals surface area contributed by atoms with Gasteiger partial charge >= 0.3 is 0 Å². The summed E-state index contributed by atoms with van der Waals surface area (Å²) in [7, 11) is 0. The van der Waals surface area contributed by atoms with Gasteiger partial charge in [-0.3, -0.25) is 0 Å². The Kier molecular flexibility index (Phi) is 8.53. The van der Waals surface area contributed by atoms with Crippen LogP contribution in [0.25, 0.3) is 110 Å². The summed E-state index contributed by atoms with van der Waals surface area (Å²) >= 11 is 0. The van der Waals surface area contributed by atoms with E-state index in [0.717, 1.165) is 105 Å². The van der Waals surface area contributed by atoms with E-state index < -0.39 is 0 Å². The van der Waals surface area contributed by atoms with Crippen LogP contribution in [0, 0.1) is 0 Å². The van der Waals surface area contributed by atoms with E-state index in [1.54, 1.807) is 0 Å². The molecule has 0 atom stereocenters. The van der Waals surface area contributed by atoms with Crippen molar-refractivity contribution in [2.45, 2.75) is 0 Å². The Morgan fingerprint density at radius 1 is 0.231 bits per heavy atom. The molecular weight excluding hydrogens is 791 g/mol. The molecule has 0 aliphatic carbocycles. The van der Waals surface area contributed by atoms with Crippen LogP contribution in [0.1, 0.15) is 0 Å². The van der Waals surface area contributed by atoms with E-state index in [1.807, 2.05) is 0 Å². The third-order valence-electron chi connectivity index (χ3n) is 13.1. The number of anilines is 3. The van der Waals surface area contributed by atoms with Crippen molar-refractivity contribution >= 4 is 82.5 Å². The molecule has 3 nitrogen and oxygen atoms in total. The first-order valence-electron chi connectivity index (χ1n) is 22.1. The highest BCUT2D eigenvalue weighted by molar-refractivity contribution is 6.18. The fourth-order valence-corrected chi connectivity index (χ4v) is 9.84. The van der Waals surface area contributed by atoms with Crippen LogP contribution in [0.5, 0.6) is 0 Å². The topological polar surface area (TPSA) is 29.5 Å². The van der Waals surface area contributed by atoms with Gasteiger partial charge in [0.1, 0.15) is 22.3 Å². The van der Waals surface area contributed by atoms with Crippen molar-refractivity contribution in [3.8, 4) is 44.5 Å². The number of nitrogens with zero attached hydrogens (tertiary/aromatic N) is 1. The summed E-state index contributed by atoms with van der Waals surface area (Å²) in [4.78, 5) is 2.34. The summed E-state index contributed by atoms with van der Waals surface area (Å²) in [6.45, 7) is 0. The maximum absolute atomic E-state index is 6.75. The summed E-state index contributed by atoms with van der Waals surface area (Å²) in [5.74, 6) is 0. The molecule has 0 bridgehead atoms. The third kappa shape index (κ3) is 6.20. The zero-order valence-electron chi connectivity index (χ0n) is 35.3. The van der Waals surface area contributed by atoms with E-state index >= 15 is 0 Å². The smallest absolute Gasteiger partial charge is 0.143 e. The number of hydrogen-bond acceptors (Lipinski definition) is 3. The number of benzene rings is 11. The van der Waals surface area contributed by atoms with Crippen LogP contribution in [0.2, 0.25) is 0 Å². The molecule has 0 aliphatic heterocycles. The molecule has 0 saturated heterocycles. The molecule has 0 unspecified atom stereocenters. The molecule has 2 aromatic heterocycles. The van der Waals surface area contributed by atoms with Crippen LogP contribution >= 0.6 is 0 Å². The minimum atomic E-state index is 0.901. The van der Waals surface area contributed by atoms with Crippen molar-refractivity contribution in [1.29, 1.82) is 0 Å². The zero-order chi connectivity index (χ0) is 42.8. The van der Waals surface area contributed by atoms with Crippen molar-refractivity contribution in [3.63, 3.8) is 0 Å². The van der Waals surface area contributed by atoms with Gasteiger partial charge in [-0.1, -0.05) is 188 Å². The van der Waals surface area contributed by atoms with Gasteiger partial charge in [0.2, 0.25) is 0 Å². The summed E-state index contributed by atoms with van der Waals surface area (Å²) in [6, 6.07) is 84.5. The van der Waals surface area contributed by atoms with Crippen molar-refractivity contribution in [1.82, 2.24) is 0 Å². The van der Waals surface area contributed by atoms with E-state index in [-0.39, 0.29) is 0 Å². The van der Waals surface area contributed by atoms with Gasteiger partial charge in [0.25, 0.3) is 0 Å². The van der Waals surface area contributed by atoms with E-state index in [0.29, 0.717) is 0 Å².